The van der Waals surface area contributed by atoms with Gasteiger partial charge in [0.1, 0.15) is 5.65 Å². The van der Waals surface area contributed by atoms with E-state index in [-0.39, 0.29) is 5.91 Å². The van der Waals surface area contributed by atoms with Crippen LogP contribution in [-0.4, -0.2) is 50.1 Å². The number of amides is 1. The van der Waals surface area contributed by atoms with E-state index in [1.54, 1.807) is 7.11 Å². The number of aromatic nitrogens is 4. The number of rotatable bonds is 5. The van der Waals surface area contributed by atoms with Crippen LogP contribution in [-0.2, 0) is 13.6 Å². The van der Waals surface area contributed by atoms with Gasteiger partial charge in [-0.15, -0.1) is 0 Å². The number of ether oxygens (including phenoxy) is 1. The molecule has 1 saturated heterocycles. The molecule has 7 rings (SSSR count). The molecule has 186 valence electrons. The van der Waals surface area contributed by atoms with E-state index >= 15 is 0 Å². The molecule has 0 spiro atoms. The number of benzene rings is 1. The minimum atomic E-state index is 0.147. The van der Waals surface area contributed by atoms with Crippen molar-refractivity contribution in [2.45, 2.75) is 45.1 Å². The molecule has 1 aliphatic heterocycles. The Bertz CT molecular complexity index is 1480. The Balaban J connectivity index is 1.26. The number of hydrogen-bond acceptors (Lipinski definition) is 4. The maximum Gasteiger partial charge on any atom is 0.253 e. The third kappa shape index (κ3) is 3.59. The average molecular weight is 484 g/mol. The highest BCUT2D eigenvalue weighted by molar-refractivity contribution is 5.98. The molecule has 4 heterocycles. The Morgan fingerprint density at radius 2 is 1.89 bits per heavy atom. The van der Waals surface area contributed by atoms with Crippen molar-refractivity contribution in [3.63, 3.8) is 0 Å². The Kier molecular flexibility index (Phi) is 5.08. The fraction of sp³-hybridized carbons (Fsp3) is 0.483. The van der Waals surface area contributed by atoms with E-state index in [2.05, 4.69) is 39.3 Å². The first-order valence-corrected chi connectivity index (χ1v) is 13.4. The van der Waals surface area contributed by atoms with Crippen LogP contribution in [0.1, 0.15) is 48.9 Å². The highest BCUT2D eigenvalue weighted by Crippen LogP contribution is 2.39. The number of aryl methyl sites for hydroxylation is 1. The van der Waals surface area contributed by atoms with Gasteiger partial charge in [0, 0.05) is 43.7 Å². The largest absolute Gasteiger partial charge is 0.481 e. The van der Waals surface area contributed by atoms with Crippen molar-refractivity contribution in [2.75, 3.05) is 20.2 Å². The normalized spacial score (nSPS) is 21.9. The van der Waals surface area contributed by atoms with Crippen LogP contribution in [0.5, 0.6) is 5.88 Å². The fourth-order valence-electron chi connectivity index (χ4n) is 6.51. The molecule has 0 bridgehead atoms. The number of pyridine rings is 1. The Labute approximate surface area is 211 Å². The molecule has 1 unspecified atom stereocenters. The molecule has 3 fully saturated rings. The van der Waals surface area contributed by atoms with Crippen LogP contribution < -0.4 is 4.74 Å². The highest BCUT2D eigenvalue weighted by atomic mass is 16.5. The van der Waals surface area contributed by atoms with Gasteiger partial charge in [-0.3, -0.25) is 4.79 Å². The molecule has 2 aliphatic carbocycles. The van der Waals surface area contributed by atoms with Gasteiger partial charge in [0.25, 0.3) is 5.91 Å². The van der Waals surface area contributed by atoms with Crippen LogP contribution in [0, 0.1) is 17.8 Å². The molecule has 36 heavy (non-hydrogen) atoms. The van der Waals surface area contributed by atoms with Gasteiger partial charge in [-0.25, -0.2) is 4.98 Å². The van der Waals surface area contributed by atoms with E-state index in [4.69, 9.17) is 14.7 Å². The van der Waals surface area contributed by atoms with Crippen molar-refractivity contribution in [3.05, 3.63) is 42.0 Å². The molecule has 2 atom stereocenters. The number of methoxy groups -OCH3 is 1. The predicted octanol–water partition coefficient (Wildman–Crippen LogP) is 5.27. The number of imidazole rings is 1. The molecule has 3 aromatic heterocycles. The summed E-state index contributed by atoms with van der Waals surface area (Å²) in [5, 5.41) is 1.09. The monoisotopic (exact) mass is 483 g/mol. The van der Waals surface area contributed by atoms with Gasteiger partial charge in [-0.2, -0.15) is 4.98 Å². The van der Waals surface area contributed by atoms with Crippen LogP contribution in [0.3, 0.4) is 0 Å². The van der Waals surface area contributed by atoms with Crippen molar-refractivity contribution in [1.82, 2.24) is 24.0 Å². The van der Waals surface area contributed by atoms with E-state index in [9.17, 15) is 4.79 Å². The molecule has 7 nitrogen and oxygen atoms in total. The molecule has 1 amide bonds. The number of nitrogens with zero attached hydrogens (tertiary/aromatic N) is 5. The van der Waals surface area contributed by atoms with Crippen molar-refractivity contribution in [1.29, 1.82) is 0 Å². The smallest absolute Gasteiger partial charge is 0.253 e. The van der Waals surface area contributed by atoms with E-state index < -0.39 is 0 Å². The van der Waals surface area contributed by atoms with E-state index in [0.29, 0.717) is 17.7 Å². The number of carbonyl (C=O) groups excluding carboxylic acids is 1. The summed E-state index contributed by atoms with van der Waals surface area (Å²) in [6.45, 7) is 2.72. The second kappa shape index (κ2) is 8.36. The number of piperidine rings is 1. The molecule has 0 radical (unpaired) electrons. The van der Waals surface area contributed by atoms with Crippen LogP contribution in [0.4, 0.5) is 0 Å². The van der Waals surface area contributed by atoms with Crippen LogP contribution in [0.2, 0.25) is 0 Å². The Hall–Kier alpha value is -3.35. The van der Waals surface area contributed by atoms with E-state index in [0.717, 1.165) is 71.1 Å². The number of hydrogen-bond donors (Lipinski definition) is 0. The predicted molar refractivity (Wildman–Crippen MR) is 140 cm³/mol. The summed E-state index contributed by atoms with van der Waals surface area (Å²) in [6, 6.07) is 12.2. The van der Waals surface area contributed by atoms with E-state index in [1.165, 1.54) is 32.1 Å². The molecule has 2 saturated carbocycles. The average Bonchev–Trinajstić information content (AvgIpc) is 3.34. The standard InChI is InChI=1S/C29H33N5O2/c1-32-24-10-8-21(29(35)33-13-12-19-4-3-5-22(19)17-33)14-23(24)30-28(32)25-15-20-9-11-26(36-2)31-27(20)34(25)16-18-6-7-18/h8-11,14-15,18-19,22H,3-7,12-13,16-17H2,1-2H3/t19?,22-/m0/s1. The maximum absolute atomic E-state index is 13.4. The first-order valence-electron chi connectivity index (χ1n) is 13.4. The minimum Gasteiger partial charge on any atom is -0.481 e. The maximum atomic E-state index is 13.4. The van der Waals surface area contributed by atoms with Gasteiger partial charge in [0.15, 0.2) is 5.82 Å². The van der Waals surface area contributed by atoms with Gasteiger partial charge in [0.2, 0.25) is 5.88 Å². The Morgan fingerprint density at radius 1 is 1.03 bits per heavy atom. The summed E-state index contributed by atoms with van der Waals surface area (Å²) in [4.78, 5) is 25.3. The molecular weight excluding hydrogens is 450 g/mol. The fourth-order valence-corrected chi connectivity index (χ4v) is 6.51. The van der Waals surface area contributed by atoms with Crippen LogP contribution in [0.25, 0.3) is 33.6 Å². The molecular formula is C29H33N5O2. The Morgan fingerprint density at radius 3 is 2.72 bits per heavy atom. The molecule has 3 aliphatic rings. The first-order chi connectivity index (χ1) is 17.6. The lowest BCUT2D eigenvalue weighted by Crippen LogP contribution is -2.42. The SMILES string of the molecule is COc1ccc2cc(-c3nc4cc(C(=O)N5CCC6CCC[C@H]6C5)ccc4n3C)n(CC3CC3)c2n1. The van der Waals surface area contributed by atoms with Crippen LogP contribution >= 0.6 is 0 Å². The summed E-state index contributed by atoms with van der Waals surface area (Å²) < 4.78 is 9.85. The number of carbonyl (C=O) groups is 1. The zero-order chi connectivity index (χ0) is 24.4. The van der Waals surface area contributed by atoms with Crippen LogP contribution in [0.15, 0.2) is 36.4 Å². The topological polar surface area (TPSA) is 65.2 Å². The van der Waals surface area contributed by atoms with Crippen molar-refractivity contribution in [3.8, 4) is 17.4 Å². The second-order valence-corrected chi connectivity index (χ2v) is 11.0. The van der Waals surface area contributed by atoms with Gasteiger partial charge in [-0.1, -0.05) is 12.8 Å². The molecule has 0 N–H and O–H groups in total. The van der Waals surface area contributed by atoms with E-state index in [1.807, 2.05) is 18.2 Å². The second-order valence-electron chi connectivity index (χ2n) is 11.0. The zero-order valence-corrected chi connectivity index (χ0v) is 21.1. The lowest BCUT2D eigenvalue weighted by molar-refractivity contribution is 0.0627. The minimum absolute atomic E-state index is 0.147. The number of fused-ring (bicyclic) bond motifs is 3. The summed E-state index contributed by atoms with van der Waals surface area (Å²) in [6.07, 6.45) is 7.60. The number of likely N-dealkylation sites (tertiary alicyclic amines) is 1. The summed E-state index contributed by atoms with van der Waals surface area (Å²) in [7, 11) is 3.72. The molecule has 1 aromatic carbocycles. The zero-order valence-electron chi connectivity index (χ0n) is 21.1. The third-order valence-corrected chi connectivity index (χ3v) is 8.75. The quantitative estimate of drug-likeness (QED) is 0.388. The third-order valence-electron chi connectivity index (χ3n) is 8.75. The van der Waals surface area contributed by atoms with Gasteiger partial charge in [-0.05, 0) is 73.8 Å². The lowest BCUT2D eigenvalue weighted by Gasteiger charge is -2.35. The first kappa shape index (κ1) is 21.9. The van der Waals surface area contributed by atoms with Crippen molar-refractivity contribution >= 4 is 28.0 Å². The van der Waals surface area contributed by atoms with Gasteiger partial charge >= 0.3 is 0 Å². The molecule has 7 heteroatoms. The summed E-state index contributed by atoms with van der Waals surface area (Å²) in [5.41, 5.74) is 4.64. The van der Waals surface area contributed by atoms with Gasteiger partial charge < -0.3 is 18.8 Å². The van der Waals surface area contributed by atoms with Crippen molar-refractivity contribution in [2.24, 2.45) is 24.8 Å². The lowest BCUT2D eigenvalue weighted by atomic mass is 9.88. The molecule has 4 aromatic rings. The summed E-state index contributed by atoms with van der Waals surface area (Å²) in [5.74, 6) is 3.88. The van der Waals surface area contributed by atoms with Crippen molar-refractivity contribution < 1.29 is 9.53 Å². The summed E-state index contributed by atoms with van der Waals surface area (Å²) >= 11 is 0. The highest BCUT2D eigenvalue weighted by Gasteiger charge is 2.35. The van der Waals surface area contributed by atoms with Gasteiger partial charge in [0.05, 0.1) is 23.8 Å².